The van der Waals surface area contributed by atoms with Crippen molar-refractivity contribution in [3.05, 3.63) is 11.3 Å². The van der Waals surface area contributed by atoms with Crippen LogP contribution in [0.1, 0.15) is 60.3 Å². The zero-order valence-corrected chi connectivity index (χ0v) is 13.8. The van der Waals surface area contributed by atoms with Gasteiger partial charge in [-0.1, -0.05) is 25.8 Å². The lowest BCUT2D eigenvalue weighted by Crippen LogP contribution is -2.47. The number of hydrogen-bond acceptors (Lipinski definition) is 3. The first-order valence-corrected chi connectivity index (χ1v) is 8.98. The van der Waals surface area contributed by atoms with Crippen molar-refractivity contribution >= 4 is 8.80 Å². The lowest BCUT2D eigenvalue weighted by atomic mass is 10.2. The molecule has 108 valence electrons. The van der Waals surface area contributed by atoms with Crippen LogP contribution in [-0.4, -0.2) is 28.6 Å². The molecule has 18 heavy (non-hydrogen) atoms. The summed E-state index contributed by atoms with van der Waals surface area (Å²) in [7, 11) is -2.60. The Morgan fingerprint density at radius 3 is 1.78 bits per heavy atom. The van der Waals surface area contributed by atoms with Crippen molar-refractivity contribution < 1.29 is 13.3 Å². The Hall–Kier alpha value is -0.163. The van der Waals surface area contributed by atoms with Crippen molar-refractivity contribution in [2.75, 3.05) is 19.8 Å². The van der Waals surface area contributed by atoms with E-state index in [2.05, 4.69) is 19.9 Å². The van der Waals surface area contributed by atoms with Crippen LogP contribution in [0.3, 0.4) is 0 Å². The van der Waals surface area contributed by atoms with E-state index < -0.39 is 8.80 Å². The SMILES string of the molecule is CCCCC/C=C(\C)[Si](OCC)(OCC)OCC. The maximum absolute atomic E-state index is 5.86. The van der Waals surface area contributed by atoms with Gasteiger partial charge >= 0.3 is 8.80 Å². The number of rotatable bonds is 11. The fourth-order valence-electron chi connectivity index (χ4n) is 1.87. The normalized spacial score (nSPS) is 13.1. The summed E-state index contributed by atoms with van der Waals surface area (Å²) in [5.41, 5.74) is 0. The van der Waals surface area contributed by atoms with Crippen molar-refractivity contribution in [3.63, 3.8) is 0 Å². The van der Waals surface area contributed by atoms with Crippen LogP contribution in [-0.2, 0) is 13.3 Å². The summed E-state index contributed by atoms with van der Waals surface area (Å²) in [6, 6.07) is 0. The van der Waals surface area contributed by atoms with E-state index in [1.54, 1.807) is 0 Å². The van der Waals surface area contributed by atoms with Crippen LogP contribution in [0.2, 0.25) is 0 Å². The molecule has 0 aliphatic rings. The number of unbranched alkanes of at least 4 members (excludes halogenated alkanes) is 3. The standard InChI is InChI=1S/C14H30O3Si/c1-6-10-11-12-13-14(5)18(15-7-2,16-8-3)17-9-4/h13H,6-12H2,1-5H3/b14-13+. The molecule has 0 bridgehead atoms. The summed E-state index contributed by atoms with van der Waals surface area (Å²) in [6.45, 7) is 12.2. The molecule has 0 N–H and O–H groups in total. The van der Waals surface area contributed by atoms with Crippen LogP contribution in [0.4, 0.5) is 0 Å². The molecule has 0 amide bonds. The smallest absolute Gasteiger partial charge is 0.371 e. The predicted octanol–water partition coefficient (Wildman–Crippen LogP) is 4.10. The molecule has 0 fully saturated rings. The van der Waals surface area contributed by atoms with Gasteiger partial charge in [0.15, 0.2) is 0 Å². The molecule has 0 spiro atoms. The van der Waals surface area contributed by atoms with Gasteiger partial charge in [-0.3, -0.25) is 0 Å². The molecule has 3 nitrogen and oxygen atoms in total. The largest absolute Gasteiger partial charge is 0.532 e. The van der Waals surface area contributed by atoms with E-state index in [1.807, 2.05) is 20.8 Å². The Morgan fingerprint density at radius 1 is 0.889 bits per heavy atom. The lowest BCUT2D eigenvalue weighted by molar-refractivity contribution is 0.0807. The Morgan fingerprint density at radius 2 is 1.39 bits per heavy atom. The minimum atomic E-state index is -2.60. The van der Waals surface area contributed by atoms with Crippen molar-refractivity contribution in [3.8, 4) is 0 Å². The van der Waals surface area contributed by atoms with E-state index in [4.69, 9.17) is 13.3 Å². The minimum absolute atomic E-state index is 0.631. The second-order valence-corrected chi connectivity index (χ2v) is 7.01. The van der Waals surface area contributed by atoms with Crippen molar-refractivity contribution in [1.29, 1.82) is 0 Å². The van der Waals surface area contributed by atoms with Gasteiger partial charge in [-0.15, -0.1) is 0 Å². The van der Waals surface area contributed by atoms with Gasteiger partial charge in [0.25, 0.3) is 0 Å². The first-order chi connectivity index (χ1) is 8.66. The Balaban J connectivity index is 4.67. The van der Waals surface area contributed by atoms with E-state index in [9.17, 15) is 0 Å². The van der Waals surface area contributed by atoms with Gasteiger partial charge in [0.05, 0.1) is 0 Å². The highest BCUT2D eigenvalue weighted by Crippen LogP contribution is 2.21. The van der Waals surface area contributed by atoms with Gasteiger partial charge in [0.1, 0.15) is 0 Å². The molecular formula is C14H30O3Si. The van der Waals surface area contributed by atoms with Crippen LogP contribution >= 0.6 is 0 Å². The van der Waals surface area contributed by atoms with Crippen LogP contribution in [0.5, 0.6) is 0 Å². The molecular weight excluding hydrogens is 244 g/mol. The van der Waals surface area contributed by atoms with Crippen molar-refractivity contribution in [2.24, 2.45) is 0 Å². The van der Waals surface area contributed by atoms with Gasteiger partial charge in [-0.2, -0.15) is 0 Å². The average molecular weight is 274 g/mol. The van der Waals surface area contributed by atoms with E-state index in [0.717, 1.165) is 11.6 Å². The highest BCUT2D eigenvalue weighted by molar-refractivity contribution is 6.68. The third-order valence-electron chi connectivity index (χ3n) is 2.74. The summed E-state index contributed by atoms with van der Waals surface area (Å²) in [5.74, 6) is 0. The molecule has 0 aromatic heterocycles. The van der Waals surface area contributed by atoms with Crippen LogP contribution in [0.25, 0.3) is 0 Å². The average Bonchev–Trinajstić information content (AvgIpc) is 2.35. The highest BCUT2D eigenvalue weighted by atomic mass is 28.4. The molecule has 0 saturated carbocycles. The lowest BCUT2D eigenvalue weighted by Gasteiger charge is -2.29. The summed E-state index contributed by atoms with van der Waals surface area (Å²) >= 11 is 0. The van der Waals surface area contributed by atoms with E-state index >= 15 is 0 Å². The molecule has 4 heteroatoms. The zero-order chi connectivity index (χ0) is 13.9. The molecule has 0 radical (unpaired) electrons. The molecule has 0 aliphatic heterocycles. The minimum Gasteiger partial charge on any atom is -0.371 e. The Labute approximate surface area is 114 Å². The van der Waals surface area contributed by atoms with Crippen molar-refractivity contribution in [2.45, 2.75) is 60.3 Å². The van der Waals surface area contributed by atoms with E-state index in [1.165, 1.54) is 19.3 Å². The van der Waals surface area contributed by atoms with E-state index in [0.29, 0.717) is 19.8 Å². The Bertz CT molecular complexity index is 212. The van der Waals surface area contributed by atoms with Crippen LogP contribution in [0.15, 0.2) is 11.3 Å². The number of allylic oxidation sites excluding steroid dienone is 2. The summed E-state index contributed by atoms with van der Waals surface area (Å²) < 4.78 is 17.6. The molecule has 0 heterocycles. The summed E-state index contributed by atoms with van der Waals surface area (Å²) in [6.07, 6.45) is 7.07. The monoisotopic (exact) mass is 274 g/mol. The highest BCUT2D eigenvalue weighted by Gasteiger charge is 2.42. The second-order valence-electron chi connectivity index (χ2n) is 4.24. The predicted molar refractivity (Wildman–Crippen MR) is 78.5 cm³/mol. The topological polar surface area (TPSA) is 27.7 Å². The maximum atomic E-state index is 5.86. The number of hydrogen-bond donors (Lipinski definition) is 0. The maximum Gasteiger partial charge on any atom is 0.532 e. The molecule has 0 saturated heterocycles. The molecule has 0 aromatic rings. The quantitative estimate of drug-likeness (QED) is 0.419. The first kappa shape index (κ1) is 17.8. The molecule has 0 rings (SSSR count). The molecule has 0 atom stereocenters. The van der Waals surface area contributed by atoms with Crippen LogP contribution < -0.4 is 0 Å². The van der Waals surface area contributed by atoms with Gasteiger partial charge in [0.2, 0.25) is 0 Å². The fraction of sp³-hybridized carbons (Fsp3) is 0.857. The van der Waals surface area contributed by atoms with Gasteiger partial charge in [0, 0.05) is 19.8 Å². The Kier molecular flexibility index (Phi) is 10.6. The van der Waals surface area contributed by atoms with Gasteiger partial charge in [-0.25, -0.2) is 0 Å². The van der Waals surface area contributed by atoms with Gasteiger partial charge in [-0.05, 0) is 45.7 Å². The zero-order valence-electron chi connectivity index (χ0n) is 12.8. The fourth-order valence-corrected chi connectivity index (χ4v) is 4.34. The third-order valence-corrected chi connectivity index (χ3v) is 5.92. The molecule has 0 aromatic carbocycles. The summed E-state index contributed by atoms with van der Waals surface area (Å²) in [5, 5.41) is 1.16. The molecule has 0 unspecified atom stereocenters. The van der Waals surface area contributed by atoms with Crippen LogP contribution in [0, 0.1) is 0 Å². The second kappa shape index (κ2) is 10.7. The van der Waals surface area contributed by atoms with Gasteiger partial charge < -0.3 is 13.3 Å². The van der Waals surface area contributed by atoms with Crippen molar-refractivity contribution in [1.82, 2.24) is 0 Å². The first-order valence-electron chi connectivity index (χ1n) is 7.25. The third kappa shape index (κ3) is 6.14. The summed E-state index contributed by atoms with van der Waals surface area (Å²) in [4.78, 5) is 0. The molecule has 0 aliphatic carbocycles. The van der Waals surface area contributed by atoms with E-state index in [-0.39, 0.29) is 0 Å².